The number of nitrogens with zero attached hydrogens (tertiary/aromatic N) is 4. The van der Waals surface area contributed by atoms with Crippen molar-refractivity contribution in [1.29, 1.82) is 0 Å². The summed E-state index contributed by atoms with van der Waals surface area (Å²) >= 11 is 0. The minimum atomic E-state index is 0.282. The van der Waals surface area contributed by atoms with E-state index in [0.29, 0.717) is 11.8 Å². The highest BCUT2D eigenvalue weighted by Crippen LogP contribution is 2.40. The lowest BCUT2D eigenvalue weighted by molar-refractivity contribution is -0.0138. The number of likely N-dealkylation sites (N-methyl/N-ethyl adjacent to an activating group) is 1. The normalized spacial score (nSPS) is 26.4. The van der Waals surface area contributed by atoms with Gasteiger partial charge in [-0.15, -0.1) is 0 Å². The van der Waals surface area contributed by atoms with Gasteiger partial charge in [0.25, 0.3) is 0 Å². The number of hydrogen-bond donors (Lipinski definition) is 0. The van der Waals surface area contributed by atoms with Crippen molar-refractivity contribution in [2.24, 2.45) is 11.8 Å². The highest BCUT2D eigenvalue weighted by molar-refractivity contribution is 5.46. The second-order valence-electron chi connectivity index (χ2n) is 7.76. The summed E-state index contributed by atoms with van der Waals surface area (Å²) in [6, 6.07) is 1.92. The van der Waals surface area contributed by atoms with Gasteiger partial charge in [-0.1, -0.05) is 0 Å². The van der Waals surface area contributed by atoms with Crippen molar-refractivity contribution >= 4 is 5.82 Å². The maximum absolute atomic E-state index is 5.97. The molecule has 6 nitrogen and oxygen atoms in total. The minimum Gasteiger partial charge on any atom is -0.481 e. The van der Waals surface area contributed by atoms with Crippen LogP contribution in [0.3, 0.4) is 0 Å². The van der Waals surface area contributed by atoms with Crippen LogP contribution in [-0.2, 0) is 4.74 Å². The van der Waals surface area contributed by atoms with Gasteiger partial charge >= 0.3 is 0 Å². The first-order valence-electron chi connectivity index (χ1n) is 9.08. The molecule has 1 unspecified atom stereocenters. The van der Waals surface area contributed by atoms with E-state index in [1.165, 1.54) is 32.2 Å². The van der Waals surface area contributed by atoms with Gasteiger partial charge in [-0.05, 0) is 51.1 Å². The summed E-state index contributed by atoms with van der Waals surface area (Å²) in [5, 5.41) is 0. The Morgan fingerprint density at radius 2 is 1.96 bits per heavy atom. The van der Waals surface area contributed by atoms with Crippen LogP contribution in [0.15, 0.2) is 12.4 Å². The first-order chi connectivity index (χ1) is 11.7. The van der Waals surface area contributed by atoms with Crippen LogP contribution >= 0.6 is 0 Å². The molecule has 3 heterocycles. The fourth-order valence-corrected chi connectivity index (χ4v) is 4.05. The van der Waals surface area contributed by atoms with E-state index < -0.39 is 0 Å². The molecule has 2 aliphatic heterocycles. The maximum Gasteiger partial charge on any atom is 0.218 e. The van der Waals surface area contributed by atoms with Gasteiger partial charge in [0, 0.05) is 32.4 Å². The quantitative estimate of drug-likeness (QED) is 0.792. The van der Waals surface area contributed by atoms with E-state index in [0.717, 1.165) is 38.0 Å². The van der Waals surface area contributed by atoms with E-state index in [1.54, 1.807) is 13.4 Å². The number of aromatic nitrogens is 2. The maximum atomic E-state index is 5.97. The Bertz CT molecular complexity index is 572. The fraction of sp³-hybridized carbons (Fsp3) is 0.778. The summed E-state index contributed by atoms with van der Waals surface area (Å²) in [6.07, 6.45) is 6.80. The molecule has 0 amide bonds. The molecule has 1 aliphatic carbocycles. The largest absolute Gasteiger partial charge is 0.481 e. The number of ether oxygens (including phenoxy) is 2. The van der Waals surface area contributed by atoms with Crippen LogP contribution in [0, 0.1) is 11.8 Å². The van der Waals surface area contributed by atoms with Gasteiger partial charge in [-0.2, -0.15) is 0 Å². The lowest BCUT2D eigenvalue weighted by Gasteiger charge is -2.59. The first-order valence-corrected chi connectivity index (χ1v) is 9.08. The zero-order chi connectivity index (χ0) is 16.6. The second-order valence-corrected chi connectivity index (χ2v) is 7.76. The summed E-state index contributed by atoms with van der Waals surface area (Å²) < 4.78 is 11.2. The Balaban J connectivity index is 1.34. The predicted octanol–water partition coefficient (Wildman–Crippen LogP) is 1.81. The molecular weight excluding hydrogens is 304 g/mol. The SMILES string of the molecule is COc1cc(N2CC3(CC(COCC4CC4)CCN3C)C2)ncn1. The predicted molar refractivity (Wildman–Crippen MR) is 92.4 cm³/mol. The molecule has 1 aromatic heterocycles. The van der Waals surface area contributed by atoms with Gasteiger partial charge in [0.05, 0.1) is 12.6 Å². The van der Waals surface area contributed by atoms with E-state index in [1.807, 2.05) is 6.07 Å². The average Bonchev–Trinajstić information content (AvgIpc) is 3.39. The van der Waals surface area contributed by atoms with E-state index in [-0.39, 0.29) is 5.54 Å². The lowest BCUT2D eigenvalue weighted by Crippen LogP contribution is -2.72. The Hall–Kier alpha value is -1.40. The number of hydrogen-bond acceptors (Lipinski definition) is 6. The number of anilines is 1. The van der Waals surface area contributed by atoms with Gasteiger partial charge < -0.3 is 14.4 Å². The standard InChI is InChI=1S/C18H28N4O2/c1-21-6-5-15(10-24-9-14-3-4-14)8-18(21)11-22(12-18)16-7-17(23-2)20-13-19-16/h7,13-15H,3-6,8-12H2,1-2H3. The van der Waals surface area contributed by atoms with Crippen LogP contribution in [0.25, 0.3) is 0 Å². The third kappa shape index (κ3) is 3.22. The zero-order valence-electron chi connectivity index (χ0n) is 14.8. The second kappa shape index (κ2) is 6.48. The van der Waals surface area contributed by atoms with Gasteiger partial charge in [0.1, 0.15) is 12.1 Å². The van der Waals surface area contributed by atoms with Crippen molar-refractivity contribution in [1.82, 2.24) is 14.9 Å². The molecule has 1 saturated carbocycles. The number of likely N-dealkylation sites (tertiary alicyclic amines) is 1. The van der Waals surface area contributed by atoms with Gasteiger partial charge in [0.15, 0.2) is 0 Å². The number of methoxy groups -OCH3 is 1. The van der Waals surface area contributed by atoms with Crippen molar-refractivity contribution in [3.8, 4) is 5.88 Å². The Morgan fingerprint density at radius 3 is 2.71 bits per heavy atom. The lowest BCUT2D eigenvalue weighted by atomic mass is 9.75. The van der Waals surface area contributed by atoms with Gasteiger partial charge in [-0.25, -0.2) is 9.97 Å². The molecule has 0 radical (unpaired) electrons. The van der Waals surface area contributed by atoms with Gasteiger partial charge in [-0.3, -0.25) is 4.90 Å². The Morgan fingerprint density at radius 1 is 1.17 bits per heavy atom. The van der Waals surface area contributed by atoms with E-state index >= 15 is 0 Å². The highest BCUT2D eigenvalue weighted by Gasteiger charge is 2.49. The van der Waals surface area contributed by atoms with Crippen molar-refractivity contribution in [3.63, 3.8) is 0 Å². The van der Waals surface area contributed by atoms with Crippen molar-refractivity contribution in [2.75, 3.05) is 51.9 Å². The minimum absolute atomic E-state index is 0.282. The number of rotatable bonds is 6. The van der Waals surface area contributed by atoms with Crippen molar-refractivity contribution in [3.05, 3.63) is 12.4 Å². The summed E-state index contributed by atoms with van der Waals surface area (Å²) in [5.41, 5.74) is 0.282. The van der Waals surface area contributed by atoms with Crippen LogP contribution in [0.1, 0.15) is 25.7 Å². The molecule has 1 spiro atoms. The fourth-order valence-electron chi connectivity index (χ4n) is 4.05. The molecule has 1 aromatic rings. The molecule has 1 atom stereocenters. The third-order valence-corrected chi connectivity index (χ3v) is 5.89. The molecule has 0 bridgehead atoms. The molecule has 2 saturated heterocycles. The third-order valence-electron chi connectivity index (χ3n) is 5.89. The Kier molecular flexibility index (Phi) is 4.35. The van der Waals surface area contributed by atoms with Crippen LogP contribution < -0.4 is 9.64 Å². The van der Waals surface area contributed by atoms with E-state index in [9.17, 15) is 0 Å². The van der Waals surface area contributed by atoms with E-state index in [2.05, 4.69) is 26.8 Å². The van der Waals surface area contributed by atoms with Crippen molar-refractivity contribution in [2.45, 2.75) is 31.2 Å². The molecule has 6 heteroatoms. The monoisotopic (exact) mass is 332 g/mol. The van der Waals surface area contributed by atoms with Gasteiger partial charge in [0.2, 0.25) is 5.88 Å². The van der Waals surface area contributed by atoms with Crippen LogP contribution in [-0.4, -0.2) is 67.4 Å². The molecule has 132 valence electrons. The molecule has 0 aromatic carbocycles. The van der Waals surface area contributed by atoms with Crippen molar-refractivity contribution < 1.29 is 9.47 Å². The highest BCUT2D eigenvalue weighted by atomic mass is 16.5. The zero-order valence-corrected chi connectivity index (χ0v) is 14.8. The smallest absolute Gasteiger partial charge is 0.218 e. The molecule has 0 N–H and O–H groups in total. The molecule has 3 aliphatic rings. The van der Waals surface area contributed by atoms with Crippen LogP contribution in [0.4, 0.5) is 5.82 Å². The molecule has 3 fully saturated rings. The summed E-state index contributed by atoms with van der Waals surface area (Å²) in [5.74, 6) is 3.15. The van der Waals surface area contributed by atoms with Crippen LogP contribution in [0.5, 0.6) is 5.88 Å². The summed E-state index contributed by atoms with van der Waals surface area (Å²) in [6.45, 7) is 5.14. The molecule has 24 heavy (non-hydrogen) atoms. The average molecular weight is 332 g/mol. The first kappa shape index (κ1) is 16.1. The summed E-state index contributed by atoms with van der Waals surface area (Å²) in [7, 11) is 3.91. The summed E-state index contributed by atoms with van der Waals surface area (Å²) in [4.78, 5) is 13.4. The van der Waals surface area contributed by atoms with Crippen LogP contribution in [0.2, 0.25) is 0 Å². The number of piperidine rings is 1. The molecular formula is C18H28N4O2. The molecule has 4 rings (SSSR count). The van der Waals surface area contributed by atoms with E-state index in [4.69, 9.17) is 9.47 Å². The topological polar surface area (TPSA) is 50.7 Å². The Labute approximate surface area is 144 Å².